The van der Waals surface area contributed by atoms with Crippen LogP contribution in [0.1, 0.15) is 31.0 Å². The van der Waals surface area contributed by atoms with Crippen molar-refractivity contribution < 1.29 is 19.4 Å². The number of hydrogen-bond acceptors (Lipinski definition) is 3. The number of urea groups is 1. The molecule has 0 saturated heterocycles. The molecule has 0 radical (unpaired) electrons. The Morgan fingerprint density at radius 2 is 1.81 bits per heavy atom. The summed E-state index contributed by atoms with van der Waals surface area (Å²) in [6.07, 6.45) is 0. The van der Waals surface area contributed by atoms with Gasteiger partial charge in [-0.3, -0.25) is 4.79 Å². The van der Waals surface area contributed by atoms with E-state index in [9.17, 15) is 9.59 Å². The maximum atomic E-state index is 12.3. The third-order valence-corrected chi connectivity index (χ3v) is 4.26. The summed E-state index contributed by atoms with van der Waals surface area (Å²) in [6, 6.07) is 16.9. The van der Waals surface area contributed by atoms with Gasteiger partial charge in [0.05, 0.1) is 12.0 Å². The molecule has 0 heterocycles. The first-order valence-electron chi connectivity index (χ1n) is 8.88. The molecule has 2 atom stereocenters. The number of carboxylic acid groups (broad SMARTS) is 1. The molecule has 0 fully saturated rings. The van der Waals surface area contributed by atoms with Gasteiger partial charge < -0.3 is 20.1 Å². The zero-order valence-electron chi connectivity index (χ0n) is 15.9. The van der Waals surface area contributed by atoms with E-state index in [2.05, 4.69) is 5.32 Å². The molecule has 0 aliphatic rings. The zero-order chi connectivity index (χ0) is 19.8. The molecule has 0 saturated carbocycles. The molecule has 2 N–H and O–H groups in total. The second-order valence-corrected chi connectivity index (χ2v) is 6.64. The molecule has 2 aromatic rings. The molecule has 144 valence electrons. The van der Waals surface area contributed by atoms with Gasteiger partial charge >= 0.3 is 12.0 Å². The number of nitrogens with one attached hydrogen (secondary N) is 1. The number of carbonyl (C=O) groups is 2. The first-order chi connectivity index (χ1) is 12.9. The molecule has 6 nitrogen and oxygen atoms in total. The molecule has 1 unspecified atom stereocenters. The first-order valence-corrected chi connectivity index (χ1v) is 8.88. The van der Waals surface area contributed by atoms with E-state index in [-0.39, 0.29) is 18.6 Å². The monoisotopic (exact) mass is 370 g/mol. The van der Waals surface area contributed by atoms with Crippen LogP contribution in [0.5, 0.6) is 5.75 Å². The third-order valence-electron chi connectivity index (χ3n) is 4.26. The molecule has 27 heavy (non-hydrogen) atoms. The van der Waals surface area contributed by atoms with Crippen LogP contribution in [0.2, 0.25) is 0 Å². The molecule has 6 heteroatoms. The van der Waals surface area contributed by atoms with Crippen LogP contribution in [-0.2, 0) is 11.4 Å². The molecule has 0 aliphatic heterocycles. The van der Waals surface area contributed by atoms with Gasteiger partial charge in [0, 0.05) is 13.6 Å². The maximum Gasteiger partial charge on any atom is 0.317 e. The van der Waals surface area contributed by atoms with Crippen molar-refractivity contribution in [3.8, 4) is 5.75 Å². The number of benzene rings is 2. The predicted octanol–water partition coefficient (Wildman–Crippen LogP) is 3.69. The van der Waals surface area contributed by atoms with Gasteiger partial charge in [0.1, 0.15) is 12.4 Å². The summed E-state index contributed by atoms with van der Waals surface area (Å²) in [6.45, 7) is 4.07. The fraction of sp³-hybridized carbons (Fsp3) is 0.333. The van der Waals surface area contributed by atoms with Crippen LogP contribution in [0, 0.1) is 5.92 Å². The van der Waals surface area contributed by atoms with E-state index in [4.69, 9.17) is 9.84 Å². The molecule has 2 aromatic carbocycles. The Morgan fingerprint density at radius 1 is 1.11 bits per heavy atom. The van der Waals surface area contributed by atoms with Gasteiger partial charge in [-0.05, 0) is 30.2 Å². The van der Waals surface area contributed by atoms with E-state index in [1.165, 1.54) is 4.90 Å². The Labute approximate surface area is 159 Å². The number of carboxylic acids is 1. The minimum absolute atomic E-state index is 0.147. The van der Waals surface area contributed by atoms with E-state index in [0.717, 1.165) is 16.9 Å². The van der Waals surface area contributed by atoms with Crippen molar-refractivity contribution in [1.29, 1.82) is 0 Å². The highest BCUT2D eigenvalue weighted by atomic mass is 16.5. The first kappa shape index (κ1) is 20.3. The highest BCUT2D eigenvalue weighted by molar-refractivity contribution is 5.76. The van der Waals surface area contributed by atoms with E-state index >= 15 is 0 Å². The Hall–Kier alpha value is -3.02. The van der Waals surface area contributed by atoms with Crippen LogP contribution in [0.15, 0.2) is 54.6 Å². The summed E-state index contributed by atoms with van der Waals surface area (Å²) in [4.78, 5) is 24.6. The number of hydrogen-bond donors (Lipinski definition) is 2. The third kappa shape index (κ3) is 6.33. The fourth-order valence-corrected chi connectivity index (χ4v) is 2.57. The minimum atomic E-state index is -0.925. The Balaban J connectivity index is 1.93. The SMILES string of the molecule is CC(CN(C)C(=O)N[C@H](C)c1cccc(OCc2ccccc2)c1)C(=O)O. The topological polar surface area (TPSA) is 78.9 Å². The van der Waals surface area contributed by atoms with Crippen molar-refractivity contribution >= 4 is 12.0 Å². The Morgan fingerprint density at radius 3 is 2.48 bits per heavy atom. The largest absolute Gasteiger partial charge is 0.489 e. The lowest BCUT2D eigenvalue weighted by molar-refractivity contribution is -0.141. The van der Waals surface area contributed by atoms with Crippen LogP contribution in [0.3, 0.4) is 0 Å². The maximum absolute atomic E-state index is 12.3. The van der Waals surface area contributed by atoms with Crippen molar-refractivity contribution in [3.63, 3.8) is 0 Å². The highest BCUT2D eigenvalue weighted by Gasteiger charge is 2.19. The van der Waals surface area contributed by atoms with Crippen molar-refractivity contribution in [2.75, 3.05) is 13.6 Å². The Kier molecular flexibility index (Phi) is 7.23. The number of rotatable bonds is 8. The number of aliphatic carboxylic acids is 1. The predicted molar refractivity (Wildman–Crippen MR) is 104 cm³/mol. The fourth-order valence-electron chi connectivity index (χ4n) is 2.57. The standard InChI is InChI=1S/C21H26N2O4/c1-15(20(24)25)13-23(3)21(26)22-16(2)18-10-7-11-19(12-18)27-14-17-8-5-4-6-9-17/h4-12,15-16H,13-14H2,1-3H3,(H,22,26)(H,24,25)/t15?,16-/m1/s1. The summed E-state index contributed by atoms with van der Waals surface area (Å²) in [7, 11) is 1.58. The molecule has 0 aliphatic carbocycles. The Bertz CT molecular complexity index is 764. The van der Waals surface area contributed by atoms with E-state index in [0.29, 0.717) is 6.61 Å². The summed E-state index contributed by atoms with van der Waals surface area (Å²) in [5, 5.41) is 11.8. The molecule has 2 amide bonds. The van der Waals surface area contributed by atoms with Crippen molar-refractivity contribution in [3.05, 3.63) is 65.7 Å². The van der Waals surface area contributed by atoms with Crippen LogP contribution in [-0.4, -0.2) is 35.6 Å². The quantitative estimate of drug-likeness (QED) is 0.743. The second-order valence-electron chi connectivity index (χ2n) is 6.64. The lowest BCUT2D eigenvalue weighted by Crippen LogP contribution is -2.41. The lowest BCUT2D eigenvalue weighted by Gasteiger charge is -2.23. The van der Waals surface area contributed by atoms with E-state index in [1.54, 1.807) is 14.0 Å². The second kappa shape index (κ2) is 9.62. The van der Waals surface area contributed by atoms with Gasteiger partial charge in [-0.25, -0.2) is 4.79 Å². The van der Waals surface area contributed by atoms with Gasteiger partial charge in [-0.15, -0.1) is 0 Å². The minimum Gasteiger partial charge on any atom is -0.489 e. The van der Waals surface area contributed by atoms with Crippen molar-refractivity contribution in [2.45, 2.75) is 26.5 Å². The summed E-state index contributed by atoms with van der Waals surface area (Å²) >= 11 is 0. The van der Waals surface area contributed by atoms with Gasteiger partial charge in [0.25, 0.3) is 0 Å². The van der Waals surface area contributed by atoms with E-state index < -0.39 is 11.9 Å². The number of ether oxygens (including phenoxy) is 1. The zero-order valence-corrected chi connectivity index (χ0v) is 15.9. The van der Waals surface area contributed by atoms with Gasteiger partial charge in [0.15, 0.2) is 0 Å². The molecule has 2 rings (SSSR count). The normalized spacial score (nSPS) is 12.7. The molecule has 0 aromatic heterocycles. The number of amides is 2. The lowest BCUT2D eigenvalue weighted by atomic mass is 10.1. The van der Waals surface area contributed by atoms with Crippen LogP contribution >= 0.6 is 0 Å². The average Bonchev–Trinajstić information content (AvgIpc) is 2.67. The molecular weight excluding hydrogens is 344 g/mol. The average molecular weight is 370 g/mol. The van der Waals surface area contributed by atoms with Crippen LogP contribution in [0.4, 0.5) is 4.79 Å². The van der Waals surface area contributed by atoms with Gasteiger partial charge in [-0.2, -0.15) is 0 Å². The smallest absolute Gasteiger partial charge is 0.317 e. The van der Waals surface area contributed by atoms with Gasteiger partial charge in [-0.1, -0.05) is 49.4 Å². The molecule has 0 bridgehead atoms. The van der Waals surface area contributed by atoms with Crippen molar-refractivity contribution in [1.82, 2.24) is 10.2 Å². The number of carbonyl (C=O) groups excluding carboxylic acids is 1. The summed E-state index contributed by atoms with van der Waals surface area (Å²) < 4.78 is 5.83. The summed E-state index contributed by atoms with van der Waals surface area (Å²) in [5.74, 6) is -0.818. The molecular formula is C21H26N2O4. The summed E-state index contributed by atoms with van der Waals surface area (Å²) in [5.41, 5.74) is 1.99. The highest BCUT2D eigenvalue weighted by Crippen LogP contribution is 2.20. The van der Waals surface area contributed by atoms with Crippen molar-refractivity contribution in [2.24, 2.45) is 5.92 Å². The number of nitrogens with zero attached hydrogens (tertiary/aromatic N) is 1. The molecule has 0 spiro atoms. The van der Waals surface area contributed by atoms with Crippen LogP contribution < -0.4 is 10.1 Å². The van der Waals surface area contributed by atoms with Gasteiger partial charge in [0.2, 0.25) is 0 Å². The van der Waals surface area contributed by atoms with E-state index in [1.807, 2.05) is 61.5 Å². The van der Waals surface area contributed by atoms with Crippen LogP contribution in [0.25, 0.3) is 0 Å².